The van der Waals surface area contributed by atoms with Crippen molar-refractivity contribution in [2.24, 2.45) is 56.7 Å². The predicted octanol–water partition coefficient (Wildman–Crippen LogP) is 4.80. The first-order valence-electron chi connectivity index (χ1n) is 15.3. The minimum atomic E-state index is -4.82. The van der Waals surface area contributed by atoms with Crippen LogP contribution in [-0.4, -0.2) is 56.7 Å². The molecule has 0 aromatic rings. The lowest BCUT2D eigenvalue weighted by atomic mass is 9.31. The number of hydrogen-bond acceptors (Lipinski definition) is 8. The van der Waals surface area contributed by atoms with E-state index >= 15 is 0 Å². The highest BCUT2D eigenvalue weighted by Gasteiger charge is 2.71. The average molecular weight is 633 g/mol. The number of aliphatic hydroxyl groups is 1. The van der Waals surface area contributed by atoms with Crippen molar-refractivity contribution in [2.75, 3.05) is 13.2 Å². The van der Waals surface area contributed by atoms with Gasteiger partial charge in [-0.1, -0.05) is 40.7 Å². The van der Waals surface area contributed by atoms with Gasteiger partial charge in [0.15, 0.2) is 0 Å². The van der Waals surface area contributed by atoms with Crippen LogP contribution in [-0.2, 0) is 34.0 Å². The summed E-state index contributed by atoms with van der Waals surface area (Å²) in [6.07, 6.45) is 8.93. The molecule has 0 aromatic carbocycles. The number of aldehydes is 1. The van der Waals surface area contributed by atoms with Crippen LogP contribution in [0, 0.1) is 56.7 Å². The van der Waals surface area contributed by atoms with E-state index in [1.165, 1.54) is 6.29 Å². The second kappa shape index (κ2) is 10.3. The SMILES string of the molecule is C[C@H]1C(CO)=CC[C@]2(C=O)CC[C@]3(C)[C@H](CC[C@@H]4[C@@]5(C)CC[C@H](OS(=O)(=O)O)[C@@](C)(COS(=O)(=O)O)[C@@H]5CC[C@]43C)[C@H]12. The number of aliphatic hydroxyl groups excluding tert-OH is 1. The number of fused-ring (bicyclic) bond motifs is 7. The number of allylic oxidation sites excluding steroid dienone is 1. The molecule has 0 radical (unpaired) electrons. The molecule has 0 saturated heterocycles. The summed E-state index contributed by atoms with van der Waals surface area (Å²) in [6.45, 7) is 10.5. The van der Waals surface area contributed by atoms with Gasteiger partial charge in [0, 0.05) is 10.8 Å². The molecule has 0 spiro atoms. The van der Waals surface area contributed by atoms with Crippen LogP contribution in [0.5, 0.6) is 0 Å². The van der Waals surface area contributed by atoms with Gasteiger partial charge in [-0.15, -0.1) is 0 Å². The molecule has 0 heterocycles. The van der Waals surface area contributed by atoms with Crippen molar-refractivity contribution in [3.63, 3.8) is 0 Å². The van der Waals surface area contributed by atoms with Crippen LogP contribution in [0.2, 0.25) is 0 Å². The van der Waals surface area contributed by atoms with Crippen molar-refractivity contribution >= 4 is 27.1 Å². The fourth-order valence-corrected chi connectivity index (χ4v) is 12.8. The maximum atomic E-state index is 12.7. The Bertz CT molecular complexity index is 1350. The molecule has 12 heteroatoms. The van der Waals surface area contributed by atoms with Crippen LogP contribution in [0.3, 0.4) is 0 Å². The second-order valence-electron chi connectivity index (χ2n) is 15.2. The minimum Gasteiger partial charge on any atom is -0.392 e. The van der Waals surface area contributed by atoms with Gasteiger partial charge < -0.3 is 9.90 Å². The first kappa shape index (κ1) is 32.5. The van der Waals surface area contributed by atoms with Gasteiger partial charge in [0.05, 0.1) is 19.3 Å². The minimum absolute atomic E-state index is 0.00664. The third-order valence-electron chi connectivity index (χ3n) is 13.9. The molecule has 4 saturated carbocycles. The van der Waals surface area contributed by atoms with Crippen LogP contribution in [0.4, 0.5) is 0 Å². The van der Waals surface area contributed by atoms with Gasteiger partial charge in [0.25, 0.3) is 0 Å². The van der Waals surface area contributed by atoms with Crippen molar-refractivity contribution in [1.29, 1.82) is 0 Å². The number of rotatable bonds is 7. The molecular formula is C30H48O10S2. The van der Waals surface area contributed by atoms with E-state index in [-0.39, 0.29) is 52.9 Å². The molecule has 0 bridgehead atoms. The Morgan fingerprint density at radius 2 is 1.60 bits per heavy atom. The lowest BCUT2D eigenvalue weighted by Gasteiger charge is -2.73. The molecule has 3 N–H and O–H groups in total. The molecule has 5 rings (SSSR count). The lowest BCUT2D eigenvalue weighted by Crippen LogP contribution is -2.68. The van der Waals surface area contributed by atoms with E-state index in [1.807, 2.05) is 0 Å². The number of hydrogen-bond donors (Lipinski definition) is 3. The van der Waals surface area contributed by atoms with Crippen LogP contribution in [0.1, 0.15) is 92.4 Å². The maximum Gasteiger partial charge on any atom is 0.397 e. The van der Waals surface area contributed by atoms with Gasteiger partial charge in [-0.2, -0.15) is 16.8 Å². The molecule has 5 aliphatic carbocycles. The quantitative estimate of drug-likeness (QED) is 0.202. The zero-order valence-electron chi connectivity index (χ0n) is 25.4. The fraction of sp³-hybridized carbons (Fsp3) is 0.900. The molecule has 42 heavy (non-hydrogen) atoms. The van der Waals surface area contributed by atoms with Crippen molar-refractivity contribution < 1.29 is 44.2 Å². The largest absolute Gasteiger partial charge is 0.397 e. The van der Waals surface area contributed by atoms with Crippen LogP contribution >= 0.6 is 0 Å². The molecule has 240 valence electrons. The van der Waals surface area contributed by atoms with Crippen molar-refractivity contribution in [3.05, 3.63) is 11.6 Å². The maximum absolute atomic E-state index is 12.7. The second-order valence-corrected chi connectivity index (χ2v) is 17.4. The lowest BCUT2D eigenvalue weighted by molar-refractivity contribution is -0.252. The monoisotopic (exact) mass is 632 g/mol. The summed E-state index contributed by atoms with van der Waals surface area (Å²) < 4.78 is 76.0. The predicted molar refractivity (Wildman–Crippen MR) is 155 cm³/mol. The van der Waals surface area contributed by atoms with E-state index in [0.29, 0.717) is 25.2 Å². The summed E-state index contributed by atoms with van der Waals surface area (Å²) in [4.78, 5) is 12.7. The van der Waals surface area contributed by atoms with Gasteiger partial charge >= 0.3 is 20.8 Å². The van der Waals surface area contributed by atoms with E-state index in [9.17, 15) is 35.8 Å². The number of carbonyl (C=O) groups excluding carboxylic acids is 1. The highest BCUT2D eigenvalue weighted by molar-refractivity contribution is 7.81. The zero-order chi connectivity index (χ0) is 31.1. The molecule has 0 aromatic heterocycles. The fourth-order valence-electron chi connectivity index (χ4n) is 11.8. The highest BCUT2D eigenvalue weighted by atomic mass is 32.3. The van der Waals surface area contributed by atoms with Crippen molar-refractivity contribution in [1.82, 2.24) is 0 Å². The van der Waals surface area contributed by atoms with Gasteiger partial charge in [0.2, 0.25) is 0 Å². The number of carbonyl (C=O) groups is 1. The molecule has 0 aliphatic heterocycles. The molecule has 5 aliphatic rings. The third-order valence-corrected chi connectivity index (χ3v) is 14.8. The topological polar surface area (TPSA) is 164 Å². The smallest absolute Gasteiger partial charge is 0.392 e. The van der Waals surface area contributed by atoms with Gasteiger partial charge in [-0.05, 0) is 109 Å². The molecule has 11 atom stereocenters. The van der Waals surface area contributed by atoms with Gasteiger partial charge in [-0.3, -0.25) is 9.11 Å². The summed E-state index contributed by atoms with van der Waals surface area (Å²) in [5, 5.41) is 10.1. The Labute approximate surface area is 250 Å². The van der Waals surface area contributed by atoms with E-state index in [0.717, 1.165) is 37.7 Å². The molecule has 4 fully saturated rings. The normalized spacial score (nSPS) is 49.1. The first-order valence-corrected chi connectivity index (χ1v) is 18.1. The van der Waals surface area contributed by atoms with Crippen LogP contribution < -0.4 is 0 Å². The van der Waals surface area contributed by atoms with Gasteiger partial charge in [-0.25, -0.2) is 8.37 Å². The van der Waals surface area contributed by atoms with Crippen molar-refractivity contribution in [2.45, 2.75) is 98.5 Å². The van der Waals surface area contributed by atoms with E-state index in [2.05, 4.69) is 33.8 Å². The van der Waals surface area contributed by atoms with Crippen LogP contribution in [0.15, 0.2) is 11.6 Å². The Morgan fingerprint density at radius 3 is 2.19 bits per heavy atom. The standard InChI is InChI=1S/C30H48O10S2/c1-19-20(16-31)8-13-30(17-32)15-14-28(4)21(25(19)30)6-7-23-26(2)11-10-24(40-42(36,37)38)27(3,18-39-41(33,34)35)22(26)9-12-29(23,28)5/h8,17,19,21-25,31H,6-7,9-16,18H2,1-5H3,(H,33,34,35)(H,36,37,38)/t19-,21+,22+,23+,24-,25-,26-,27-,28+,29+,30+/m0/s1. The molecular weight excluding hydrogens is 584 g/mol. The first-order chi connectivity index (χ1) is 19.3. The summed E-state index contributed by atoms with van der Waals surface area (Å²) >= 11 is 0. The van der Waals surface area contributed by atoms with Crippen LogP contribution in [0.25, 0.3) is 0 Å². The molecule has 0 amide bonds. The summed E-state index contributed by atoms with van der Waals surface area (Å²) in [5.41, 5.74) is -0.991. The zero-order valence-corrected chi connectivity index (χ0v) is 27.0. The highest BCUT2D eigenvalue weighted by Crippen LogP contribution is 2.76. The summed E-state index contributed by atoms with van der Waals surface area (Å²) in [7, 11) is -9.61. The Morgan fingerprint density at radius 1 is 0.905 bits per heavy atom. The third kappa shape index (κ3) is 4.77. The summed E-state index contributed by atoms with van der Waals surface area (Å²) in [5.74, 6) is 0.602. The Hall–Kier alpha value is -0.890. The van der Waals surface area contributed by atoms with Crippen molar-refractivity contribution in [3.8, 4) is 0 Å². The van der Waals surface area contributed by atoms with E-state index in [1.54, 1.807) is 6.92 Å². The van der Waals surface area contributed by atoms with E-state index < -0.39 is 44.3 Å². The molecule has 0 unspecified atom stereocenters. The van der Waals surface area contributed by atoms with Gasteiger partial charge in [0.1, 0.15) is 6.29 Å². The van der Waals surface area contributed by atoms with E-state index in [4.69, 9.17) is 8.37 Å². The summed E-state index contributed by atoms with van der Waals surface area (Å²) in [6, 6.07) is 0. The Balaban J connectivity index is 1.53. The average Bonchev–Trinajstić information content (AvgIpc) is 2.89. The molecule has 10 nitrogen and oxygen atoms in total. The Kier molecular flexibility index (Phi) is 7.98.